The summed E-state index contributed by atoms with van der Waals surface area (Å²) in [5.74, 6) is 1.30. The Labute approximate surface area is 216 Å². The van der Waals surface area contributed by atoms with E-state index in [0.29, 0.717) is 29.5 Å². The number of benzene rings is 3. The number of aromatic amines is 1. The molecule has 0 bridgehead atoms. The topological polar surface area (TPSA) is 79.5 Å². The second kappa shape index (κ2) is 11.6. The average Bonchev–Trinajstić information content (AvgIpc) is 3.37. The molecule has 0 aliphatic carbocycles. The Bertz CT molecular complexity index is 1300. The Kier molecular flexibility index (Phi) is 8.13. The van der Waals surface area contributed by atoms with Crippen molar-refractivity contribution in [2.24, 2.45) is 0 Å². The first-order valence-electron chi connectivity index (χ1n) is 11.6. The molecule has 186 valence electrons. The number of carbonyl (C=O) groups is 1. The number of H-pyrrole nitrogens is 1. The molecule has 4 rings (SSSR count). The van der Waals surface area contributed by atoms with Crippen molar-refractivity contribution in [3.63, 3.8) is 0 Å². The summed E-state index contributed by atoms with van der Waals surface area (Å²) in [5.41, 5.74) is 5.46. The summed E-state index contributed by atoms with van der Waals surface area (Å²) in [6.45, 7) is 2.86. The smallest absolute Gasteiger partial charge is 0.322 e. The molecule has 1 aromatic heterocycles. The van der Waals surface area contributed by atoms with E-state index < -0.39 is 0 Å². The summed E-state index contributed by atoms with van der Waals surface area (Å²) >= 11 is 6.18. The van der Waals surface area contributed by atoms with Crippen molar-refractivity contribution in [2.45, 2.75) is 26.4 Å². The summed E-state index contributed by atoms with van der Waals surface area (Å²) in [5, 5.41) is 10.8. The van der Waals surface area contributed by atoms with E-state index in [-0.39, 0.29) is 6.03 Å². The zero-order chi connectivity index (χ0) is 25.5. The quantitative estimate of drug-likeness (QED) is 0.271. The van der Waals surface area contributed by atoms with E-state index in [2.05, 4.69) is 46.7 Å². The standard InChI is InChI=1S/C28H29ClN4O3/c1-4-19-5-7-20(8-6-19)17-33(28(34)31-25-15-23(29)11-14-26(25)36-3)18-22-16-30-32-27(22)21-9-12-24(35-2)13-10-21/h5-16H,4,17-18H2,1-3H3,(H,30,32)(H,31,34). The molecule has 0 saturated carbocycles. The first kappa shape index (κ1) is 25.1. The van der Waals surface area contributed by atoms with E-state index in [9.17, 15) is 4.79 Å². The first-order valence-corrected chi connectivity index (χ1v) is 12.0. The third-order valence-electron chi connectivity index (χ3n) is 5.95. The number of halogens is 1. The van der Waals surface area contributed by atoms with Gasteiger partial charge in [-0.1, -0.05) is 42.8 Å². The predicted molar refractivity (Wildman–Crippen MR) is 143 cm³/mol. The number of hydrogen-bond donors (Lipinski definition) is 2. The van der Waals surface area contributed by atoms with Gasteiger partial charge in [0.25, 0.3) is 0 Å². The van der Waals surface area contributed by atoms with Crippen LogP contribution in [0.2, 0.25) is 5.02 Å². The van der Waals surface area contributed by atoms with Crippen molar-refractivity contribution >= 4 is 23.3 Å². The molecule has 1 heterocycles. The Balaban J connectivity index is 1.62. The predicted octanol–water partition coefficient (Wildman–Crippen LogP) is 6.54. The fourth-order valence-electron chi connectivity index (χ4n) is 3.92. The van der Waals surface area contributed by atoms with E-state index in [4.69, 9.17) is 21.1 Å². The lowest BCUT2D eigenvalue weighted by Gasteiger charge is -2.24. The summed E-state index contributed by atoms with van der Waals surface area (Å²) in [7, 11) is 3.19. The van der Waals surface area contributed by atoms with Gasteiger partial charge in [-0.05, 0) is 60.0 Å². The Hall–Kier alpha value is -3.97. The molecular weight excluding hydrogens is 476 g/mol. The molecule has 36 heavy (non-hydrogen) atoms. The second-order valence-electron chi connectivity index (χ2n) is 8.30. The molecule has 7 nitrogen and oxygen atoms in total. The van der Waals surface area contributed by atoms with Crippen LogP contribution in [0.15, 0.2) is 72.9 Å². The van der Waals surface area contributed by atoms with Crippen molar-refractivity contribution in [3.8, 4) is 22.8 Å². The Morgan fingerprint density at radius 1 is 0.972 bits per heavy atom. The van der Waals surface area contributed by atoms with Crippen LogP contribution in [0, 0.1) is 0 Å². The normalized spacial score (nSPS) is 10.7. The number of aromatic nitrogens is 2. The lowest BCUT2D eigenvalue weighted by atomic mass is 10.1. The highest BCUT2D eigenvalue weighted by atomic mass is 35.5. The van der Waals surface area contributed by atoms with Crippen LogP contribution in [0.3, 0.4) is 0 Å². The minimum atomic E-state index is -0.281. The fourth-order valence-corrected chi connectivity index (χ4v) is 4.09. The number of carbonyl (C=O) groups excluding carboxylic acids is 1. The third kappa shape index (κ3) is 5.98. The molecule has 0 unspecified atom stereocenters. The van der Waals surface area contributed by atoms with E-state index in [1.807, 2.05) is 24.3 Å². The first-order chi connectivity index (χ1) is 17.5. The van der Waals surface area contributed by atoms with Crippen LogP contribution in [0.25, 0.3) is 11.3 Å². The van der Waals surface area contributed by atoms with E-state index in [1.54, 1.807) is 43.5 Å². The lowest BCUT2D eigenvalue weighted by Crippen LogP contribution is -2.34. The molecule has 0 aliphatic heterocycles. The van der Waals surface area contributed by atoms with Crippen LogP contribution in [-0.2, 0) is 19.5 Å². The van der Waals surface area contributed by atoms with Crippen molar-refractivity contribution in [2.75, 3.05) is 19.5 Å². The lowest BCUT2D eigenvalue weighted by molar-refractivity contribution is 0.206. The van der Waals surface area contributed by atoms with Crippen molar-refractivity contribution < 1.29 is 14.3 Å². The zero-order valence-corrected chi connectivity index (χ0v) is 21.3. The van der Waals surface area contributed by atoms with Gasteiger partial charge in [0.15, 0.2) is 0 Å². The molecule has 2 amide bonds. The van der Waals surface area contributed by atoms with Crippen molar-refractivity contribution in [1.82, 2.24) is 15.1 Å². The van der Waals surface area contributed by atoms with Gasteiger partial charge in [-0.3, -0.25) is 5.10 Å². The number of hydrogen-bond acceptors (Lipinski definition) is 4. The Morgan fingerprint density at radius 2 is 1.69 bits per heavy atom. The molecule has 0 aliphatic rings. The number of rotatable bonds is 9. The molecule has 8 heteroatoms. The summed E-state index contributed by atoms with van der Waals surface area (Å²) in [6.07, 6.45) is 2.71. The van der Waals surface area contributed by atoms with Crippen LogP contribution in [0.4, 0.5) is 10.5 Å². The van der Waals surface area contributed by atoms with Crippen LogP contribution in [0.5, 0.6) is 11.5 Å². The van der Waals surface area contributed by atoms with E-state index >= 15 is 0 Å². The maximum Gasteiger partial charge on any atom is 0.322 e. The maximum atomic E-state index is 13.5. The van der Waals surface area contributed by atoms with Crippen LogP contribution in [0.1, 0.15) is 23.6 Å². The molecule has 3 aromatic carbocycles. The van der Waals surface area contributed by atoms with Crippen molar-refractivity contribution in [3.05, 3.63) is 94.6 Å². The number of amides is 2. The van der Waals surface area contributed by atoms with E-state index in [1.165, 1.54) is 5.56 Å². The molecule has 4 aromatic rings. The van der Waals surface area contributed by atoms with Gasteiger partial charge in [0.1, 0.15) is 11.5 Å². The fraction of sp³-hybridized carbons (Fsp3) is 0.214. The van der Waals surface area contributed by atoms with Gasteiger partial charge in [-0.15, -0.1) is 0 Å². The van der Waals surface area contributed by atoms with Gasteiger partial charge in [0.05, 0.1) is 38.3 Å². The molecule has 0 saturated heterocycles. The number of nitrogens with one attached hydrogen (secondary N) is 2. The molecular formula is C28H29ClN4O3. The maximum absolute atomic E-state index is 13.5. The molecule has 0 atom stereocenters. The van der Waals surface area contributed by atoms with Crippen LogP contribution in [-0.4, -0.2) is 35.3 Å². The summed E-state index contributed by atoms with van der Waals surface area (Å²) in [6, 6.07) is 20.8. The van der Waals surface area contributed by atoms with Gasteiger partial charge in [0, 0.05) is 22.7 Å². The highest BCUT2D eigenvalue weighted by Crippen LogP contribution is 2.29. The van der Waals surface area contributed by atoms with Gasteiger partial charge in [0.2, 0.25) is 0 Å². The number of urea groups is 1. The number of ether oxygens (including phenoxy) is 2. The van der Waals surface area contributed by atoms with Crippen LogP contribution < -0.4 is 14.8 Å². The molecule has 2 N–H and O–H groups in total. The van der Waals surface area contributed by atoms with Gasteiger partial charge < -0.3 is 19.7 Å². The second-order valence-corrected chi connectivity index (χ2v) is 8.74. The largest absolute Gasteiger partial charge is 0.497 e. The zero-order valence-electron chi connectivity index (χ0n) is 20.5. The number of nitrogens with zero attached hydrogens (tertiary/aromatic N) is 2. The minimum Gasteiger partial charge on any atom is -0.497 e. The number of anilines is 1. The minimum absolute atomic E-state index is 0.281. The van der Waals surface area contributed by atoms with Crippen molar-refractivity contribution in [1.29, 1.82) is 0 Å². The average molecular weight is 505 g/mol. The van der Waals surface area contributed by atoms with E-state index in [0.717, 1.165) is 34.6 Å². The van der Waals surface area contributed by atoms with Gasteiger partial charge in [-0.25, -0.2) is 4.79 Å². The van der Waals surface area contributed by atoms with Crippen LogP contribution >= 0.6 is 11.6 Å². The highest BCUT2D eigenvalue weighted by molar-refractivity contribution is 6.31. The third-order valence-corrected chi connectivity index (χ3v) is 6.19. The number of methoxy groups -OCH3 is 2. The monoisotopic (exact) mass is 504 g/mol. The summed E-state index contributed by atoms with van der Waals surface area (Å²) in [4.78, 5) is 15.3. The molecule has 0 fully saturated rings. The van der Waals surface area contributed by atoms with Gasteiger partial charge in [-0.2, -0.15) is 5.10 Å². The number of aryl methyl sites for hydroxylation is 1. The Morgan fingerprint density at radius 3 is 2.36 bits per heavy atom. The summed E-state index contributed by atoms with van der Waals surface area (Å²) < 4.78 is 10.7. The highest BCUT2D eigenvalue weighted by Gasteiger charge is 2.20. The SMILES string of the molecule is CCc1ccc(CN(Cc2cn[nH]c2-c2ccc(OC)cc2)C(=O)Nc2cc(Cl)ccc2OC)cc1. The van der Waals surface area contributed by atoms with Gasteiger partial charge >= 0.3 is 6.03 Å². The molecule has 0 spiro atoms. The molecule has 0 radical (unpaired) electrons.